The Hall–Kier alpha value is -1.17. The van der Waals surface area contributed by atoms with Gasteiger partial charge in [0.25, 0.3) is 0 Å². The number of aliphatic hydroxyl groups is 11. The lowest BCUT2D eigenvalue weighted by atomic mass is 9.41. The van der Waals surface area contributed by atoms with Gasteiger partial charge in [-0.15, -0.1) is 0 Å². The molecule has 0 unspecified atom stereocenters. The van der Waals surface area contributed by atoms with Crippen molar-refractivity contribution in [2.75, 3.05) is 19.8 Å². The predicted molar refractivity (Wildman–Crippen MR) is 182 cm³/mol. The van der Waals surface area contributed by atoms with E-state index in [4.69, 9.17) is 28.4 Å². The van der Waals surface area contributed by atoms with Gasteiger partial charge in [-0.05, 0) is 87.4 Å². The van der Waals surface area contributed by atoms with Crippen LogP contribution in [0.15, 0.2) is 0 Å². The van der Waals surface area contributed by atoms with Crippen LogP contribution in [0, 0.1) is 28.1 Å². The summed E-state index contributed by atoms with van der Waals surface area (Å²) in [6.45, 7) is 2.15. The van der Waals surface area contributed by atoms with Crippen LogP contribution in [0.3, 0.4) is 0 Å². The van der Waals surface area contributed by atoms with Crippen LogP contribution in [0.5, 0.6) is 0 Å². The summed E-state index contributed by atoms with van der Waals surface area (Å²) in [6.07, 6.45) is -16.1. The number of ether oxygens (including phenoxy) is 6. The number of hydrogen-bond acceptors (Lipinski definition) is 18. The van der Waals surface area contributed by atoms with Crippen molar-refractivity contribution in [1.29, 1.82) is 0 Å². The minimum Gasteiger partial charge on any atom is -0.432 e. The third-order valence-electron chi connectivity index (χ3n) is 15.0. The summed E-state index contributed by atoms with van der Waals surface area (Å²) in [5, 5.41) is 114. The van der Waals surface area contributed by atoms with E-state index in [0.29, 0.717) is 32.1 Å². The molecule has 4 saturated carbocycles. The van der Waals surface area contributed by atoms with Gasteiger partial charge >= 0.3 is 5.97 Å². The number of esters is 1. The first-order valence-corrected chi connectivity index (χ1v) is 19.8. The molecule has 21 atom stereocenters. The van der Waals surface area contributed by atoms with E-state index in [9.17, 15) is 61.0 Å². The highest BCUT2D eigenvalue weighted by Gasteiger charge is 2.68. The second-order valence-corrected chi connectivity index (χ2v) is 17.9. The lowest BCUT2D eigenvalue weighted by Crippen LogP contribution is -2.65. The Kier molecular flexibility index (Phi) is 11.8. The second kappa shape index (κ2) is 15.5. The maximum Gasteiger partial charge on any atom is 0.314 e. The van der Waals surface area contributed by atoms with Gasteiger partial charge in [-0.1, -0.05) is 13.3 Å². The van der Waals surface area contributed by atoms with Gasteiger partial charge in [0.05, 0.1) is 30.8 Å². The normalized spacial score (nSPS) is 55.3. The SMILES string of the molecule is C[C@@]12CCC[C@@](C)(C(=O)O[C@H]3O[C@@H](CO)[C@H](O)[C@@H](O)[C@@H]3O)[C@@H]1CC[C@]13CC[C@](O[C@@H]4O[C@H](CO)[C@@H](O)[C@H](O)[C@@H]4O[C@@H]4O[C@H](CO)[C@H](O)[C@@H](O)[C@@H]4O)(CC[C@H]12)C3. The number of carbonyl (C=O) groups is 1. The summed E-state index contributed by atoms with van der Waals surface area (Å²) in [5.41, 5.74) is -2.14. The standard InChI is InChI=1S/C37H60O18/c1-34-6-3-7-35(2,33(49)54-31-28(48)25(45)22(42)17(13-39)51-31)19(34)4-8-36-10-11-37(15-36,9-5-20(34)36)55-32-29(26(46)23(43)18(14-40)52-32)53-30-27(47)24(44)21(41)16(12-38)50-30/h16-32,38-48H,3-15H2,1-2H3/t16-,17+,18-,19-,20+,21+,22+,23-,24-,25-,26+,27+,28+,29+,30+,31-,32+,34-,35-,36-,37-/m1/s1. The van der Waals surface area contributed by atoms with Crippen molar-refractivity contribution in [2.45, 2.75) is 176 Å². The highest BCUT2D eigenvalue weighted by molar-refractivity contribution is 5.77. The lowest BCUT2D eigenvalue weighted by Gasteiger charge is -2.64. The minimum absolute atomic E-state index is 0.0873. The molecule has 316 valence electrons. The van der Waals surface area contributed by atoms with E-state index in [-0.39, 0.29) is 22.7 Å². The van der Waals surface area contributed by atoms with Gasteiger partial charge < -0.3 is 84.6 Å². The van der Waals surface area contributed by atoms with Gasteiger partial charge in [-0.2, -0.15) is 0 Å². The molecule has 55 heavy (non-hydrogen) atoms. The fraction of sp³-hybridized carbons (Fsp3) is 0.973. The minimum atomic E-state index is -1.78. The number of aliphatic hydroxyl groups excluding tert-OH is 11. The van der Waals surface area contributed by atoms with Gasteiger partial charge in [0.15, 0.2) is 12.6 Å². The van der Waals surface area contributed by atoms with E-state index in [1.165, 1.54) is 0 Å². The fourth-order valence-corrected chi connectivity index (χ4v) is 12.0. The molecule has 0 aromatic rings. The molecule has 3 saturated heterocycles. The van der Waals surface area contributed by atoms with E-state index >= 15 is 0 Å². The van der Waals surface area contributed by atoms with Crippen LogP contribution in [-0.4, -0.2) is 180 Å². The molecule has 0 amide bonds. The van der Waals surface area contributed by atoms with E-state index < -0.39 is 129 Å². The molecule has 1 spiro atoms. The van der Waals surface area contributed by atoms with Crippen molar-refractivity contribution in [3.63, 3.8) is 0 Å². The monoisotopic (exact) mass is 792 g/mol. The topological polar surface area (TPSA) is 295 Å². The average molecular weight is 793 g/mol. The van der Waals surface area contributed by atoms with Crippen LogP contribution < -0.4 is 0 Å². The van der Waals surface area contributed by atoms with E-state index in [2.05, 4.69) is 6.92 Å². The first kappa shape index (κ1) is 42.0. The molecular weight excluding hydrogens is 732 g/mol. The predicted octanol–water partition coefficient (Wildman–Crippen LogP) is -3.10. The molecule has 18 nitrogen and oxygen atoms in total. The van der Waals surface area contributed by atoms with Crippen molar-refractivity contribution >= 4 is 5.97 Å². The molecule has 7 rings (SSSR count). The molecule has 0 aromatic heterocycles. The van der Waals surface area contributed by atoms with Crippen LogP contribution in [0.2, 0.25) is 0 Å². The third kappa shape index (κ3) is 6.88. The van der Waals surface area contributed by atoms with E-state index in [1.807, 2.05) is 6.92 Å². The average Bonchev–Trinajstić information content (AvgIpc) is 3.43. The maximum absolute atomic E-state index is 14.1. The van der Waals surface area contributed by atoms with Crippen LogP contribution >= 0.6 is 0 Å². The quantitative estimate of drug-likeness (QED) is 0.0814. The second-order valence-electron chi connectivity index (χ2n) is 17.9. The molecule has 3 aliphatic heterocycles. The first-order chi connectivity index (χ1) is 26.0. The Labute approximate surface area is 318 Å². The molecule has 0 radical (unpaired) electrons. The summed E-state index contributed by atoms with van der Waals surface area (Å²) >= 11 is 0. The molecule has 7 fully saturated rings. The molecule has 3 heterocycles. The van der Waals surface area contributed by atoms with Crippen molar-refractivity contribution < 1.29 is 89.4 Å². The van der Waals surface area contributed by atoms with Gasteiger partial charge in [-0.25, -0.2) is 0 Å². The molecule has 11 N–H and O–H groups in total. The number of carbonyl (C=O) groups excluding carboxylic acids is 1. The Morgan fingerprint density at radius 1 is 0.600 bits per heavy atom. The lowest BCUT2D eigenvalue weighted by molar-refractivity contribution is -0.380. The van der Waals surface area contributed by atoms with Crippen LogP contribution in [0.1, 0.15) is 78.1 Å². The van der Waals surface area contributed by atoms with Crippen LogP contribution in [0.25, 0.3) is 0 Å². The third-order valence-corrected chi connectivity index (χ3v) is 15.0. The van der Waals surface area contributed by atoms with Crippen LogP contribution in [-0.2, 0) is 33.2 Å². The highest BCUT2D eigenvalue weighted by Crippen LogP contribution is 2.73. The van der Waals surface area contributed by atoms with Gasteiger partial charge in [-0.3, -0.25) is 4.79 Å². The first-order valence-electron chi connectivity index (χ1n) is 19.8. The van der Waals surface area contributed by atoms with E-state index in [0.717, 1.165) is 32.1 Å². The molecule has 18 heteroatoms. The van der Waals surface area contributed by atoms with E-state index in [1.54, 1.807) is 0 Å². The summed E-state index contributed by atoms with van der Waals surface area (Å²) < 4.78 is 35.5. The summed E-state index contributed by atoms with van der Waals surface area (Å²) in [6, 6.07) is 0. The van der Waals surface area contributed by atoms with Gasteiger partial charge in [0.1, 0.15) is 73.2 Å². The molecule has 0 aromatic carbocycles. The Morgan fingerprint density at radius 3 is 1.76 bits per heavy atom. The zero-order valence-corrected chi connectivity index (χ0v) is 31.3. The Balaban J connectivity index is 1.08. The van der Waals surface area contributed by atoms with Crippen LogP contribution in [0.4, 0.5) is 0 Å². The van der Waals surface area contributed by atoms with Gasteiger partial charge in [0, 0.05) is 0 Å². The molecule has 2 bridgehead atoms. The summed E-state index contributed by atoms with van der Waals surface area (Å²) in [5.74, 6) is -0.456. The summed E-state index contributed by atoms with van der Waals surface area (Å²) in [4.78, 5) is 14.1. The maximum atomic E-state index is 14.1. The van der Waals surface area contributed by atoms with Gasteiger partial charge in [0.2, 0.25) is 6.29 Å². The molecular formula is C37H60O18. The largest absolute Gasteiger partial charge is 0.432 e. The van der Waals surface area contributed by atoms with Crippen molar-refractivity contribution in [1.82, 2.24) is 0 Å². The summed E-state index contributed by atoms with van der Waals surface area (Å²) in [7, 11) is 0. The Bertz CT molecular complexity index is 1370. The number of hydrogen-bond donors (Lipinski definition) is 11. The Morgan fingerprint density at radius 2 is 1.15 bits per heavy atom. The smallest absolute Gasteiger partial charge is 0.314 e. The molecule has 4 aliphatic carbocycles. The number of rotatable bonds is 9. The van der Waals surface area contributed by atoms with Crippen molar-refractivity contribution in [3.8, 4) is 0 Å². The number of fused-ring (bicyclic) bond motifs is 3. The molecule has 7 aliphatic rings. The zero-order chi connectivity index (χ0) is 39.8. The highest BCUT2D eigenvalue weighted by atomic mass is 16.8. The zero-order valence-electron chi connectivity index (χ0n) is 31.3. The fourth-order valence-electron chi connectivity index (χ4n) is 12.0. The van der Waals surface area contributed by atoms with Crippen molar-refractivity contribution in [2.24, 2.45) is 28.1 Å². The van der Waals surface area contributed by atoms with Crippen molar-refractivity contribution in [3.05, 3.63) is 0 Å².